The zero-order valence-electron chi connectivity index (χ0n) is 17.0. The Labute approximate surface area is 174 Å². The third kappa shape index (κ3) is 5.77. The van der Waals surface area contributed by atoms with Crippen LogP contribution in [0.5, 0.6) is 5.75 Å². The average Bonchev–Trinajstić information content (AvgIpc) is 2.75. The van der Waals surface area contributed by atoms with E-state index in [-0.39, 0.29) is 11.1 Å². The third-order valence-electron chi connectivity index (χ3n) is 5.95. The minimum absolute atomic E-state index is 0.0888. The molecule has 0 aliphatic carbocycles. The highest BCUT2D eigenvalue weighted by molar-refractivity contribution is 6.59. The molecule has 152 valence electrons. The summed E-state index contributed by atoms with van der Waals surface area (Å²) in [5, 5.41) is 8.78. The van der Waals surface area contributed by atoms with E-state index >= 15 is 0 Å². The number of unbranched alkanes of at least 4 members (excludes halogenated alkanes) is 2. The molecule has 2 aromatic carbocycles. The molecule has 1 heterocycles. The molecule has 1 aliphatic rings. The Balaban J connectivity index is 1.53. The molecule has 0 radical (unpaired) electrons. The Hall–Kier alpha value is -2.45. The second-order valence-electron chi connectivity index (χ2n) is 7.98. The van der Waals surface area contributed by atoms with Crippen molar-refractivity contribution in [1.29, 1.82) is 5.26 Å². The van der Waals surface area contributed by atoms with Crippen LogP contribution < -0.4 is 4.74 Å². The first-order valence-corrected chi connectivity index (χ1v) is 13.1. The molecule has 0 amide bonds. The summed E-state index contributed by atoms with van der Waals surface area (Å²) in [6.07, 6.45) is 6.67. The van der Waals surface area contributed by atoms with E-state index in [1.54, 1.807) is 6.07 Å². The van der Waals surface area contributed by atoms with Gasteiger partial charge in [-0.15, -0.1) is 0 Å². The van der Waals surface area contributed by atoms with Gasteiger partial charge in [-0.25, -0.2) is 9.18 Å². The molecule has 0 bridgehead atoms. The predicted octanol–water partition coefficient (Wildman–Crippen LogP) is 6.21. The van der Waals surface area contributed by atoms with Crippen molar-refractivity contribution in [1.82, 2.24) is 0 Å². The standard InChI is InChI=1S/C24H28FNO2Si/c1-2-3-4-13-29-14-11-19(12-15-29)18-7-9-22(10-8-18)28-24(27)20-5-6-21(17-26)23(25)16-20/h5-10,16,19,29H,2-4,11-15H2,1H3. The number of carbonyl (C=O) groups excluding carboxylic acids is 1. The Kier molecular flexibility index (Phi) is 7.59. The number of ether oxygens (including phenoxy) is 1. The quantitative estimate of drug-likeness (QED) is 0.236. The topological polar surface area (TPSA) is 50.1 Å². The fraction of sp³-hybridized carbons (Fsp3) is 0.417. The van der Waals surface area contributed by atoms with Crippen molar-refractivity contribution in [2.45, 2.75) is 63.1 Å². The first kappa shape index (κ1) is 21.3. The summed E-state index contributed by atoms with van der Waals surface area (Å²) >= 11 is 0. The molecular formula is C24H28FNO2Si. The summed E-state index contributed by atoms with van der Waals surface area (Å²) in [6.45, 7) is 2.27. The van der Waals surface area contributed by atoms with E-state index in [1.807, 2.05) is 24.3 Å². The second-order valence-corrected chi connectivity index (χ2v) is 11.4. The largest absolute Gasteiger partial charge is 0.423 e. The van der Waals surface area contributed by atoms with Crippen molar-refractivity contribution in [2.24, 2.45) is 0 Å². The van der Waals surface area contributed by atoms with Gasteiger partial charge in [0, 0.05) is 8.80 Å². The molecule has 0 N–H and O–H groups in total. The van der Waals surface area contributed by atoms with Gasteiger partial charge in [0.25, 0.3) is 0 Å². The SMILES string of the molecule is CCCCC[SiH]1CCC(c2ccc(OC(=O)c3ccc(C#N)c(F)c3)cc2)CC1. The minimum Gasteiger partial charge on any atom is -0.423 e. The van der Waals surface area contributed by atoms with Crippen LogP contribution in [0.25, 0.3) is 0 Å². The van der Waals surface area contributed by atoms with Gasteiger partial charge in [0.05, 0.1) is 11.1 Å². The van der Waals surface area contributed by atoms with Crippen molar-refractivity contribution in [3.63, 3.8) is 0 Å². The maximum atomic E-state index is 13.7. The summed E-state index contributed by atoms with van der Waals surface area (Å²) in [7, 11) is -0.515. The van der Waals surface area contributed by atoms with Gasteiger partial charge in [-0.3, -0.25) is 0 Å². The highest BCUT2D eigenvalue weighted by Gasteiger charge is 2.23. The lowest BCUT2D eigenvalue weighted by Crippen LogP contribution is -2.20. The van der Waals surface area contributed by atoms with Crippen LogP contribution in [0.1, 0.15) is 66.4 Å². The first-order valence-electron chi connectivity index (χ1n) is 10.6. The number of carbonyl (C=O) groups is 1. The minimum atomic E-state index is -0.717. The molecule has 3 rings (SSSR count). The number of nitriles is 1. The van der Waals surface area contributed by atoms with E-state index in [2.05, 4.69) is 6.92 Å². The number of nitrogens with zero attached hydrogens (tertiary/aromatic N) is 1. The number of benzene rings is 2. The molecule has 0 aromatic heterocycles. The van der Waals surface area contributed by atoms with Crippen LogP contribution in [0, 0.1) is 17.1 Å². The summed E-state index contributed by atoms with van der Waals surface area (Å²) < 4.78 is 19.1. The van der Waals surface area contributed by atoms with E-state index < -0.39 is 20.6 Å². The summed E-state index contributed by atoms with van der Waals surface area (Å²) in [5.74, 6) is -0.278. The van der Waals surface area contributed by atoms with E-state index in [0.717, 1.165) is 6.07 Å². The zero-order chi connectivity index (χ0) is 20.6. The van der Waals surface area contributed by atoms with Crippen LogP contribution in [0.15, 0.2) is 42.5 Å². The van der Waals surface area contributed by atoms with Crippen LogP contribution >= 0.6 is 0 Å². The monoisotopic (exact) mass is 409 g/mol. The average molecular weight is 410 g/mol. The summed E-state index contributed by atoms with van der Waals surface area (Å²) in [5.41, 5.74) is 1.32. The Morgan fingerprint density at radius 3 is 2.52 bits per heavy atom. The van der Waals surface area contributed by atoms with Crippen LogP contribution in [0.3, 0.4) is 0 Å². The lowest BCUT2D eigenvalue weighted by molar-refractivity contribution is 0.0734. The van der Waals surface area contributed by atoms with Crippen molar-refractivity contribution in [3.8, 4) is 11.8 Å². The van der Waals surface area contributed by atoms with Gasteiger partial charge in [-0.05, 0) is 54.7 Å². The van der Waals surface area contributed by atoms with E-state index in [4.69, 9.17) is 10.00 Å². The molecule has 1 aliphatic heterocycles. The lowest BCUT2D eigenvalue weighted by atomic mass is 9.93. The van der Waals surface area contributed by atoms with Gasteiger partial charge in [-0.1, -0.05) is 56.5 Å². The number of rotatable bonds is 7. The summed E-state index contributed by atoms with van der Waals surface area (Å²) in [6, 6.07) is 17.6. The predicted molar refractivity (Wildman–Crippen MR) is 116 cm³/mol. The van der Waals surface area contributed by atoms with E-state index in [0.29, 0.717) is 11.7 Å². The zero-order valence-corrected chi connectivity index (χ0v) is 18.1. The summed E-state index contributed by atoms with van der Waals surface area (Å²) in [4.78, 5) is 12.2. The molecular weight excluding hydrogens is 381 g/mol. The fourth-order valence-corrected chi connectivity index (χ4v) is 7.65. The molecule has 29 heavy (non-hydrogen) atoms. The molecule has 1 saturated heterocycles. The smallest absolute Gasteiger partial charge is 0.343 e. The lowest BCUT2D eigenvalue weighted by Gasteiger charge is -2.28. The highest BCUT2D eigenvalue weighted by Crippen LogP contribution is 2.35. The van der Waals surface area contributed by atoms with Crippen molar-refractivity contribution in [2.75, 3.05) is 0 Å². The molecule has 0 spiro atoms. The van der Waals surface area contributed by atoms with Crippen LogP contribution in [0.2, 0.25) is 18.1 Å². The second kappa shape index (κ2) is 10.4. The van der Waals surface area contributed by atoms with Crippen molar-refractivity contribution < 1.29 is 13.9 Å². The van der Waals surface area contributed by atoms with Crippen LogP contribution in [0.4, 0.5) is 4.39 Å². The first-order chi connectivity index (χ1) is 14.1. The molecule has 0 unspecified atom stereocenters. The molecule has 2 aromatic rings. The van der Waals surface area contributed by atoms with Gasteiger partial charge in [0.1, 0.15) is 17.6 Å². The maximum Gasteiger partial charge on any atom is 0.343 e. The Morgan fingerprint density at radius 1 is 1.17 bits per heavy atom. The number of halogens is 1. The molecule has 5 heteroatoms. The molecule has 0 atom stereocenters. The van der Waals surface area contributed by atoms with Crippen molar-refractivity contribution in [3.05, 3.63) is 65.0 Å². The maximum absolute atomic E-state index is 13.7. The molecule has 1 fully saturated rings. The van der Waals surface area contributed by atoms with E-state index in [9.17, 15) is 9.18 Å². The Morgan fingerprint density at radius 2 is 1.90 bits per heavy atom. The molecule has 0 saturated carbocycles. The highest BCUT2D eigenvalue weighted by atomic mass is 28.3. The van der Waals surface area contributed by atoms with Gasteiger partial charge in [-0.2, -0.15) is 5.26 Å². The van der Waals surface area contributed by atoms with Crippen LogP contribution in [-0.2, 0) is 0 Å². The number of hydrogen-bond acceptors (Lipinski definition) is 3. The van der Waals surface area contributed by atoms with E-state index in [1.165, 1.54) is 67.9 Å². The fourth-order valence-electron chi connectivity index (χ4n) is 4.17. The normalized spacial score (nSPS) is 18.8. The Bertz CT molecular complexity index is 867. The van der Waals surface area contributed by atoms with Gasteiger partial charge >= 0.3 is 5.97 Å². The number of esters is 1. The number of hydrogen-bond donors (Lipinski definition) is 0. The van der Waals surface area contributed by atoms with Crippen molar-refractivity contribution >= 4 is 14.8 Å². The van der Waals surface area contributed by atoms with Gasteiger partial charge in [0.2, 0.25) is 0 Å². The van der Waals surface area contributed by atoms with Gasteiger partial charge in [0.15, 0.2) is 0 Å². The third-order valence-corrected chi connectivity index (χ3v) is 9.47. The van der Waals surface area contributed by atoms with Crippen LogP contribution in [-0.4, -0.2) is 14.8 Å². The molecule has 3 nitrogen and oxygen atoms in total. The van der Waals surface area contributed by atoms with Gasteiger partial charge < -0.3 is 4.74 Å².